The van der Waals surface area contributed by atoms with E-state index in [2.05, 4.69) is 16.1 Å². The van der Waals surface area contributed by atoms with Crippen molar-refractivity contribution >= 4 is 17.3 Å². The first kappa shape index (κ1) is 9.07. The van der Waals surface area contributed by atoms with E-state index in [-0.39, 0.29) is 0 Å². The third-order valence-corrected chi connectivity index (χ3v) is 1.62. The number of halogens is 1. The van der Waals surface area contributed by atoms with Gasteiger partial charge in [-0.3, -0.25) is 0 Å². The quantitative estimate of drug-likeness (QED) is 0.509. The zero-order valence-corrected chi connectivity index (χ0v) is 7.72. The van der Waals surface area contributed by atoms with Crippen LogP contribution in [-0.4, -0.2) is 12.8 Å². The minimum absolute atomic E-state index is 0.651. The largest absolute Gasteiger partial charge is 0.399 e. The minimum atomic E-state index is 0.651. The van der Waals surface area contributed by atoms with E-state index in [0.717, 1.165) is 11.3 Å². The molecule has 0 N–H and O–H groups in total. The molecule has 0 aliphatic rings. The molecule has 12 heavy (non-hydrogen) atoms. The molecule has 0 aromatic heterocycles. The lowest BCUT2D eigenvalue weighted by Crippen LogP contribution is -1.94. The van der Waals surface area contributed by atoms with Crippen molar-refractivity contribution in [3.05, 3.63) is 34.9 Å². The lowest BCUT2D eigenvalue weighted by atomic mass is 10.1. The summed E-state index contributed by atoms with van der Waals surface area (Å²) in [5, 5.41) is 4.43. The maximum atomic E-state index is 5.76. The molecule has 3 heteroatoms. The number of benzene rings is 1. The van der Waals surface area contributed by atoms with Crippen molar-refractivity contribution in [1.29, 1.82) is 0 Å². The molecule has 0 heterocycles. The van der Waals surface area contributed by atoms with E-state index in [4.69, 9.17) is 11.6 Å². The van der Waals surface area contributed by atoms with Crippen molar-refractivity contribution in [3.8, 4) is 0 Å². The molecule has 0 bridgehead atoms. The van der Waals surface area contributed by atoms with Gasteiger partial charge in [-0.1, -0.05) is 16.8 Å². The summed E-state index contributed by atoms with van der Waals surface area (Å²) in [7, 11) is 1.51. The molecule has 0 unspecified atom stereocenters. The van der Waals surface area contributed by atoms with E-state index in [0.29, 0.717) is 5.02 Å². The van der Waals surface area contributed by atoms with Gasteiger partial charge in [-0.2, -0.15) is 0 Å². The van der Waals surface area contributed by atoms with Gasteiger partial charge in [-0.05, 0) is 31.2 Å². The predicted molar refractivity (Wildman–Crippen MR) is 49.5 cm³/mol. The van der Waals surface area contributed by atoms with E-state index >= 15 is 0 Å². The van der Waals surface area contributed by atoms with Crippen molar-refractivity contribution in [2.45, 2.75) is 6.92 Å². The first-order valence-corrected chi connectivity index (χ1v) is 3.86. The average molecular weight is 183 g/mol. The van der Waals surface area contributed by atoms with E-state index in [1.807, 2.05) is 19.1 Å². The fourth-order valence-corrected chi connectivity index (χ4v) is 1.02. The molecule has 0 fully saturated rings. The Morgan fingerprint density at radius 1 is 1.58 bits per heavy atom. The topological polar surface area (TPSA) is 21.6 Å². The van der Waals surface area contributed by atoms with E-state index in [9.17, 15) is 0 Å². The van der Waals surface area contributed by atoms with Crippen LogP contribution >= 0.6 is 11.6 Å². The molecule has 63 valence electrons. The Morgan fingerprint density at radius 3 is 2.92 bits per heavy atom. The van der Waals surface area contributed by atoms with Crippen molar-refractivity contribution in [3.63, 3.8) is 0 Å². The zero-order chi connectivity index (χ0) is 8.97. The molecule has 1 aromatic rings. The van der Waals surface area contributed by atoms with Crippen LogP contribution in [0.4, 0.5) is 0 Å². The number of nitrogens with zero attached hydrogens (tertiary/aromatic N) is 1. The predicted octanol–water partition coefficient (Wildman–Crippen LogP) is 2.51. The summed E-state index contributed by atoms with van der Waals surface area (Å²) in [5.74, 6) is 0. The molecule has 1 radical (unpaired) electrons. The molecule has 0 saturated carbocycles. The number of oxime groups is 1. The molecular formula is C9H9ClNO. The van der Waals surface area contributed by atoms with Crippen LogP contribution in [-0.2, 0) is 4.84 Å². The Kier molecular flexibility index (Phi) is 3.11. The molecule has 1 aromatic carbocycles. The molecule has 0 spiro atoms. The standard InChI is InChI=1S/C9H9ClNO/c1-7(11-12-2)8-4-3-5-9(10)6-8/h4-6H,1-2H3. The molecule has 0 aliphatic carbocycles. The number of rotatable bonds is 2. The summed E-state index contributed by atoms with van der Waals surface area (Å²) in [6, 6.07) is 8.22. The normalized spacial score (nSPS) is 11.4. The van der Waals surface area contributed by atoms with Gasteiger partial charge in [0.1, 0.15) is 7.11 Å². The zero-order valence-electron chi connectivity index (χ0n) is 6.97. The molecular weight excluding hydrogens is 174 g/mol. The van der Waals surface area contributed by atoms with Gasteiger partial charge in [0.25, 0.3) is 0 Å². The summed E-state index contributed by atoms with van der Waals surface area (Å²) >= 11 is 5.76. The first-order valence-electron chi connectivity index (χ1n) is 3.49. The third-order valence-electron chi connectivity index (χ3n) is 1.40. The van der Waals surface area contributed by atoms with Crippen LogP contribution in [0.25, 0.3) is 0 Å². The van der Waals surface area contributed by atoms with Crippen LogP contribution in [0, 0.1) is 6.07 Å². The van der Waals surface area contributed by atoms with Crippen LogP contribution < -0.4 is 0 Å². The van der Waals surface area contributed by atoms with Crippen LogP contribution in [0.5, 0.6) is 0 Å². The van der Waals surface area contributed by atoms with Crippen molar-refractivity contribution in [2.75, 3.05) is 7.11 Å². The molecule has 0 atom stereocenters. The second-order valence-corrected chi connectivity index (χ2v) is 2.74. The molecule has 0 aliphatic heterocycles. The van der Waals surface area contributed by atoms with E-state index in [1.165, 1.54) is 7.11 Å². The lowest BCUT2D eigenvalue weighted by molar-refractivity contribution is 0.213. The van der Waals surface area contributed by atoms with Crippen LogP contribution in [0.15, 0.2) is 23.4 Å². The highest BCUT2D eigenvalue weighted by Gasteiger charge is 1.97. The fourth-order valence-electron chi connectivity index (χ4n) is 0.841. The lowest BCUT2D eigenvalue weighted by Gasteiger charge is -1.98. The summed E-state index contributed by atoms with van der Waals surface area (Å²) < 4.78 is 0. The Morgan fingerprint density at radius 2 is 2.33 bits per heavy atom. The van der Waals surface area contributed by atoms with Gasteiger partial charge in [0.2, 0.25) is 0 Å². The Balaban J connectivity index is 2.95. The fraction of sp³-hybridized carbons (Fsp3) is 0.222. The third kappa shape index (κ3) is 2.24. The van der Waals surface area contributed by atoms with Crippen molar-refractivity contribution < 1.29 is 4.84 Å². The average Bonchev–Trinajstić information content (AvgIpc) is 2.05. The SMILES string of the molecule is CON=C(C)c1c[c]cc(Cl)c1. The highest BCUT2D eigenvalue weighted by atomic mass is 35.5. The summed E-state index contributed by atoms with van der Waals surface area (Å²) in [4.78, 5) is 4.63. The van der Waals surface area contributed by atoms with Gasteiger partial charge in [0.15, 0.2) is 0 Å². The van der Waals surface area contributed by atoms with Gasteiger partial charge < -0.3 is 4.84 Å². The Bertz CT molecular complexity index is 296. The summed E-state index contributed by atoms with van der Waals surface area (Å²) in [6.45, 7) is 1.85. The summed E-state index contributed by atoms with van der Waals surface area (Å²) in [5.41, 5.74) is 1.71. The molecule has 0 amide bonds. The summed E-state index contributed by atoms with van der Waals surface area (Å²) in [6.07, 6.45) is 0. The van der Waals surface area contributed by atoms with Gasteiger partial charge in [0, 0.05) is 10.6 Å². The Hall–Kier alpha value is -1.02. The highest BCUT2D eigenvalue weighted by Crippen LogP contribution is 2.10. The first-order chi connectivity index (χ1) is 5.74. The van der Waals surface area contributed by atoms with Gasteiger partial charge >= 0.3 is 0 Å². The number of hydrogen-bond donors (Lipinski definition) is 0. The number of hydrogen-bond acceptors (Lipinski definition) is 2. The monoisotopic (exact) mass is 182 g/mol. The molecule has 0 saturated heterocycles. The van der Waals surface area contributed by atoms with Crippen LogP contribution in [0.2, 0.25) is 5.02 Å². The highest BCUT2D eigenvalue weighted by molar-refractivity contribution is 6.31. The van der Waals surface area contributed by atoms with E-state index in [1.54, 1.807) is 6.07 Å². The minimum Gasteiger partial charge on any atom is -0.399 e. The molecule has 1 rings (SSSR count). The smallest absolute Gasteiger partial charge is 0.106 e. The maximum absolute atomic E-state index is 5.76. The van der Waals surface area contributed by atoms with Crippen molar-refractivity contribution in [2.24, 2.45) is 5.16 Å². The maximum Gasteiger partial charge on any atom is 0.106 e. The molecule has 2 nitrogen and oxygen atoms in total. The second-order valence-electron chi connectivity index (χ2n) is 2.30. The van der Waals surface area contributed by atoms with Gasteiger partial charge in [-0.15, -0.1) is 0 Å². The van der Waals surface area contributed by atoms with Crippen molar-refractivity contribution in [1.82, 2.24) is 0 Å². The van der Waals surface area contributed by atoms with Crippen LogP contribution in [0.3, 0.4) is 0 Å². The van der Waals surface area contributed by atoms with Gasteiger partial charge in [0.05, 0.1) is 5.71 Å². The Labute approximate surface area is 76.8 Å². The second kappa shape index (κ2) is 4.12. The van der Waals surface area contributed by atoms with Crippen LogP contribution in [0.1, 0.15) is 12.5 Å². The van der Waals surface area contributed by atoms with E-state index < -0.39 is 0 Å². The van der Waals surface area contributed by atoms with Gasteiger partial charge in [-0.25, -0.2) is 0 Å².